The Morgan fingerprint density at radius 2 is 2.21 bits per heavy atom. The maximum Gasteiger partial charge on any atom is 0.110 e. The molecule has 0 spiro atoms. The lowest BCUT2D eigenvalue weighted by molar-refractivity contribution is 0.209. The van der Waals surface area contributed by atoms with Crippen LogP contribution in [0.3, 0.4) is 0 Å². The van der Waals surface area contributed by atoms with Crippen LogP contribution in [-0.2, 0) is 0 Å². The minimum Gasteiger partial charge on any atom is -0.396 e. The van der Waals surface area contributed by atoms with Gasteiger partial charge in [0.2, 0.25) is 0 Å². The molecular formula is C18H18Cl2N2OS. The first-order chi connectivity index (χ1) is 11.5. The number of nitriles is 1. The van der Waals surface area contributed by atoms with Crippen molar-refractivity contribution in [1.29, 1.82) is 5.26 Å². The Balaban J connectivity index is 2.06. The molecule has 0 aliphatic carbocycles. The molecule has 6 heteroatoms. The molecule has 2 heterocycles. The zero-order valence-corrected chi connectivity index (χ0v) is 15.7. The van der Waals surface area contributed by atoms with Crippen LogP contribution < -0.4 is 4.90 Å². The molecule has 0 amide bonds. The lowest BCUT2D eigenvalue weighted by Gasteiger charge is -2.32. The van der Waals surface area contributed by atoms with Crippen LogP contribution in [0.2, 0.25) is 10.0 Å². The van der Waals surface area contributed by atoms with E-state index in [1.54, 1.807) is 23.5 Å². The summed E-state index contributed by atoms with van der Waals surface area (Å²) >= 11 is 14.0. The third-order valence-corrected chi connectivity index (χ3v) is 6.16. The molecule has 126 valence electrons. The lowest BCUT2D eigenvalue weighted by atomic mass is 9.98. The van der Waals surface area contributed by atoms with Gasteiger partial charge in [-0.3, -0.25) is 0 Å². The van der Waals surface area contributed by atoms with Gasteiger partial charge in [-0.1, -0.05) is 29.3 Å². The van der Waals surface area contributed by atoms with Gasteiger partial charge in [0.05, 0.1) is 5.56 Å². The van der Waals surface area contributed by atoms with Crippen LogP contribution in [0.1, 0.15) is 23.3 Å². The Morgan fingerprint density at radius 3 is 2.88 bits per heavy atom. The zero-order chi connectivity index (χ0) is 17.3. The lowest BCUT2D eigenvalue weighted by Crippen LogP contribution is -2.36. The average molecular weight is 381 g/mol. The van der Waals surface area contributed by atoms with Crippen molar-refractivity contribution in [2.45, 2.75) is 19.8 Å². The number of halogens is 2. The third-order valence-electron chi connectivity index (χ3n) is 4.44. The second-order valence-corrected chi connectivity index (χ2v) is 8.13. The van der Waals surface area contributed by atoms with Crippen molar-refractivity contribution in [2.24, 2.45) is 5.92 Å². The van der Waals surface area contributed by atoms with Crippen LogP contribution in [0, 0.1) is 24.2 Å². The monoisotopic (exact) mass is 380 g/mol. The highest BCUT2D eigenvalue weighted by Crippen LogP contribution is 2.44. The van der Waals surface area contributed by atoms with Gasteiger partial charge in [0.15, 0.2) is 0 Å². The summed E-state index contributed by atoms with van der Waals surface area (Å²) in [6, 6.07) is 7.74. The largest absolute Gasteiger partial charge is 0.396 e. The molecule has 1 aliphatic rings. The van der Waals surface area contributed by atoms with E-state index in [1.807, 2.05) is 13.0 Å². The highest BCUT2D eigenvalue weighted by Gasteiger charge is 2.26. The SMILES string of the molecule is Cc1sc(N2CCCC(CO)C2)c(C#N)c1-c1ccc(Cl)cc1Cl. The zero-order valence-electron chi connectivity index (χ0n) is 13.4. The second-order valence-electron chi connectivity index (χ2n) is 6.09. The van der Waals surface area contributed by atoms with Crippen LogP contribution >= 0.6 is 34.5 Å². The van der Waals surface area contributed by atoms with Gasteiger partial charge in [-0.2, -0.15) is 5.26 Å². The van der Waals surface area contributed by atoms with E-state index in [0.717, 1.165) is 46.9 Å². The quantitative estimate of drug-likeness (QED) is 0.804. The molecule has 1 aromatic heterocycles. The first kappa shape index (κ1) is 17.6. The molecular weight excluding hydrogens is 363 g/mol. The van der Waals surface area contributed by atoms with Crippen molar-refractivity contribution in [3.8, 4) is 17.2 Å². The van der Waals surface area contributed by atoms with Gasteiger partial charge < -0.3 is 10.0 Å². The normalized spacial score (nSPS) is 17.8. The number of aliphatic hydroxyl groups is 1. The van der Waals surface area contributed by atoms with Gasteiger partial charge >= 0.3 is 0 Å². The topological polar surface area (TPSA) is 47.3 Å². The number of benzene rings is 1. The average Bonchev–Trinajstić information content (AvgIpc) is 2.91. The van der Waals surface area contributed by atoms with E-state index in [1.165, 1.54) is 0 Å². The van der Waals surface area contributed by atoms with Crippen LogP contribution in [0.15, 0.2) is 18.2 Å². The Hall–Kier alpha value is -1.25. The molecule has 1 aliphatic heterocycles. The van der Waals surface area contributed by atoms with Gasteiger partial charge in [0.25, 0.3) is 0 Å². The Morgan fingerprint density at radius 1 is 1.42 bits per heavy atom. The molecule has 1 N–H and O–H groups in total. The number of nitrogens with zero attached hydrogens (tertiary/aromatic N) is 2. The summed E-state index contributed by atoms with van der Waals surface area (Å²) in [5, 5.41) is 21.4. The van der Waals surface area contributed by atoms with Crippen LogP contribution in [0.4, 0.5) is 5.00 Å². The standard InChI is InChI=1S/C18H18Cl2N2OS/c1-11-17(14-5-4-13(19)7-16(14)20)15(8-21)18(24-11)22-6-2-3-12(9-22)10-23/h4-5,7,12,23H,2-3,6,9-10H2,1H3. The maximum absolute atomic E-state index is 9.78. The number of thiophene rings is 1. The van der Waals surface area contributed by atoms with Gasteiger partial charge in [0.1, 0.15) is 11.1 Å². The minimum absolute atomic E-state index is 0.193. The van der Waals surface area contributed by atoms with Crippen LogP contribution in [0.25, 0.3) is 11.1 Å². The number of hydrogen-bond acceptors (Lipinski definition) is 4. The van der Waals surface area contributed by atoms with Crippen LogP contribution in [0.5, 0.6) is 0 Å². The summed E-state index contributed by atoms with van der Waals surface area (Å²) in [6.07, 6.45) is 2.07. The summed E-state index contributed by atoms with van der Waals surface area (Å²) in [5.74, 6) is 0.273. The number of aryl methyl sites for hydroxylation is 1. The molecule has 1 fully saturated rings. The molecule has 0 radical (unpaired) electrons. The van der Waals surface area contributed by atoms with Gasteiger partial charge in [0, 0.05) is 45.7 Å². The molecule has 3 nitrogen and oxygen atoms in total. The molecule has 1 atom stereocenters. The van der Waals surface area contributed by atoms with E-state index in [-0.39, 0.29) is 12.5 Å². The van der Waals surface area contributed by atoms with Crippen molar-refractivity contribution in [2.75, 3.05) is 24.6 Å². The van der Waals surface area contributed by atoms with Crippen molar-refractivity contribution in [1.82, 2.24) is 0 Å². The highest BCUT2D eigenvalue weighted by atomic mass is 35.5. The number of rotatable bonds is 3. The predicted octanol–water partition coefficient (Wildman–Crippen LogP) is 5.11. The van der Waals surface area contributed by atoms with Crippen molar-refractivity contribution >= 4 is 39.5 Å². The summed E-state index contributed by atoms with van der Waals surface area (Å²) in [5.41, 5.74) is 2.40. The molecule has 2 aromatic rings. The van der Waals surface area contributed by atoms with E-state index in [9.17, 15) is 10.4 Å². The smallest absolute Gasteiger partial charge is 0.110 e. The molecule has 24 heavy (non-hydrogen) atoms. The van der Waals surface area contributed by atoms with Gasteiger partial charge in [-0.15, -0.1) is 11.3 Å². The number of anilines is 1. The summed E-state index contributed by atoms with van der Waals surface area (Å²) in [7, 11) is 0. The predicted molar refractivity (Wildman–Crippen MR) is 101 cm³/mol. The molecule has 3 rings (SSSR count). The van der Waals surface area contributed by atoms with Gasteiger partial charge in [-0.05, 0) is 37.8 Å². The summed E-state index contributed by atoms with van der Waals surface area (Å²) < 4.78 is 0. The van der Waals surface area contributed by atoms with Crippen molar-refractivity contribution in [3.63, 3.8) is 0 Å². The van der Waals surface area contributed by atoms with E-state index in [4.69, 9.17) is 23.2 Å². The fourth-order valence-corrected chi connectivity index (χ4v) is 4.92. The van der Waals surface area contributed by atoms with E-state index >= 15 is 0 Å². The molecule has 1 unspecified atom stereocenters. The van der Waals surface area contributed by atoms with E-state index in [0.29, 0.717) is 15.6 Å². The molecule has 0 saturated carbocycles. The Labute approximate surface area is 156 Å². The maximum atomic E-state index is 9.78. The number of hydrogen-bond donors (Lipinski definition) is 1. The number of aliphatic hydroxyl groups excluding tert-OH is 1. The summed E-state index contributed by atoms with van der Waals surface area (Å²) in [4.78, 5) is 3.30. The first-order valence-corrected chi connectivity index (χ1v) is 9.47. The molecule has 1 aromatic carbocycles. The third kappa shape index (κ3) is 3.27. The highest BCUT2D eigenvalue weighted by molar-refractivity contribution is 7.16. The summed E-state index contributed by atoms with van der Waals surface area (Å²) in [6.45, 7) is 3.92. The second kappa shape index (κ2) is 7.33. The Kier molecular flexibility index (Phi) is 5.36. The minimum atomic E-state index is 0.193. The van der Waals surface area contributed by atoms with E-state index in [2.05, 4.69) is 11.0 Å². The van der Waals surface area contributed by atoms with Gasteiger partial charge in [-0.25, -0.2) is 0 Å². The Bertz CT molecular complexity index is 797. The van der Waals surface area contributed by atoms with Crippen molar-refractivity contribution < 1.29 is 5.11 Å². The molecule has 0 bridgehead atoms. The fourth-order valence-electron chi connectivity index (χ4n) is 3.27. The fraction of sp³-hybridized carbons (Fsp3) is 0.389. The number of piperidine rings is 1. The van der Waals surface area contributed by atoms with Crippen LogP contribution in [-0.4, -0.2) is 24.8 Å². The molecule has 1 saturated heterocycles. The first-order valence-electron chi connectivity index (χ1n) is 7.89. The van der Waals surface area contributed by atoms with Crippen molar-refractivity contribution in [3.05, 3.63) is 38.7 Å². The van der Waals surface area contributed by atoms with E-state index < -0.39 is 0 Å².